The van der Waals surface area contributed by atoms with Crippen molar-refractivity contribution in [3.05, 3.63) is 41.7 Å². The lowest BCUT2D eigenvalue weighted by Gasteiger charge is -2.08. The van der Waals surface area contributed by atoms with Crippen LogP contribution in [0.1, 0.15) is 24.7 Å². The van der Waals surface area contributed by atoms with Gasteiger partial charge in [-0.2, -0.15) is 0 Å². The summed E-state index contributed by atoms with van der Waals surface area (Å²) < 4.78 is 0. The Morgan fingerprint density at radius 2 is 1.94 bits per heavy atom. The maximum Gasteiger partial charge on any atom is 0.130 e. The highest BCUT2D eigenvalue weighted by Gasteiger charge is 2.04. The second-order valence-electron chi connectivity index (χ2n) is 4.48. The topological polar surface area (TPSA) is 37.8 Å². The predicted octanol–water partition coefficient (Wildman–Crippen LogP) is 3.58. The summed E-state index contributed by atoms with van der Waals surface area (Å²) in [6.07, 6.45) is 1.09. The Morgan fingerprint density at radius 3 is 2.67 bits per heavy atom. The standard InChI is InChI=1S/C15H19N3/c1-4-8-16-15-10-14(17-12(3)18-15)13-7-5-6-11(2)9-13/h5-7,9-10H,4,8H2,1-3H3,(H,16,17,18). The largest absolute Gasteiger partial charge is 0.370 e. The van der Waals surface area contributed by atoms with E-state index < -0.39 is 0 Å². The Labute approximate surface area is 108 Å². The van der Waals surface area contributed by atoms with Gasteiger partial charge in [0.25, 0.3) is 0 Å². The van der Waals surface area contributed by atoms with Crippen molar-refractivity contribution in [1.29, 1.82) is 0 Å². The molecule has 0 aliphatic heterocycles. The average Bonchev–Trinajstić information content (AvgIpc) is 2.36. The molecule has 0 amide bonds. The third-order valence-corrected chi connectivity index (χ3v) is 2.71. The fourth-order valence-corrected chi connectivity index (χ4v) is 1.86. The summed E-state index contributed by atoms with van der Waals surface area (Å²) in [6.45, 7) is 7.09. The van der Waals surface area contributed by atoms with Gasteiger partial charge in [0.2, 0.25) is 0 Å². The first-order valence-electron chi connectivity index (χ1n) is 6.35. The maximum absolute atomic E-state index is 4.50. The number of nitrogens with zero attached hydrogens (tertiary/aromatic N) is 2. The minimum atomic E-state index is 0.799. The molecule has 0 saturated heterocycles. The average molecular weight is 241 g/mol. The second kappa shape index (κ2) is 5.63. The molecule has 1 heterocycles. The molecule has 0 saturated carbocycles. The van der Waals surface area contributed by atoms with Crippen LogP contribution in [0.4, 0.5) is 5.82 Å². The summed E-state index contributed by atoms with van der Waals surface area (Å²) in [4.78, 5) is 8.90. The minimum absolute atomic E-state index is 0.799. The van der Waals surface area contributed by atoms with Crippen molar-refractivity contribution in [1.82, 2.24) is 9.97 Å². The zero-order valence-electron chi connectivity index (χ0n) is 11.2. The molecule has 0 spiro atoms. The molecule has 18 heavy (non-hydrogen) atoms. The molecule has 0 bridgehead atoms. The zero-order chi connectivity index (χ0) is 13.0. The van der Waals surface area contributed by atoms with E-state index in [1.54, 1.807) is 0 Å². The van der Waals surface area contributed by atoms with Gasteiger partial charge in [0.1, 0.15) is 11.6 Å². The minimum Gasteiger partial charge on any atom is -0.370 e. The molecule has 2 aromatic rings. The van der Waals surface area contributed by atoms with E-state index in [0.717, 1.165) is 35.9 Å². The van der Waals surface area contributed by atoms with Crippen LogP contribution in [0, 0.1) is 13.8 Å². The van der Waals surface area contributed by atoms with E-state index in [1.165, 1.54) is 5.56 Å². The third-order valence-electron chi connectivity index (χ3n) is 2.71. The van der Waals surface area contributed by atoms with Crippen LogP contribution in [0.15, 0.2) is 30.3 Å². The molecule has 2 rings (SSSR count). The van der Waals surface area contributed by atoms with Crippen LogP contribution < -0.4 is 5.32 Å². The Balaban J connectivity index is 2.35. The summed E-state index contributed by atoms with van der Waals surface area (Å²) in [5.41, 5.74) is 3.36. The molecule has 3 heteroatoms. The summed E-state index contributed by atoms with van der Waals surface area (Å²) in [5, 5.41) is 3.31. The van der Waals surface area contributed by atoms with Crippen molar-refractivity contribution in [2.24, 2.45) is 0 Å². The molecule has 0 aliphatic rings. The van der Waals surface area contributed by atoms with Crippen molar-refractivity contribution < 1.29 is 0 Å². The first kappa shape index (κ1) is 12.6. The predicted molar refractivity (Wildman–Crippen MR) is 75.7 cm³/mol. The van der Waals surface area contributed by atoms with Crippen LogP contribution in [-0.2, 0) is 0 Å². The first-order chi connectivity index (χ1) is 8.69. The van der Waals surface area contributed by atoms with Gasteiger partial charge < -0.3 is 5.32 Å². The van der Waals surface area contributed by atoms with Crippen molar-refractivity contribution in [3.63, 3.8) is 0 Å². The number of anilines is 1. The number of hydrogen-bond acceptors (Lipinski definition) is 3. The van der Waals surface area contributed by atoms with Crippen LogP contribution in [0.5, 0.6) is 0 Å². The molecule has 3 nitrogen and oxygen atoms in total. The lowest BCUT2D eigenvalue weighted by Crippen LogP contribution is -2.04. The number of aromatic nitrogens is 2. The van der Waals surface area contributed by atoms with Crippen LogP contribution in [0.2, 0.25) is 0 Å². The highest BCUT2D eigenvalue weighted by Crippen LogP contribution is 2.20. The molecule has 1 aromatic heterocycles. The van der Waals surface area contributed by atoms with Gasteiger partial charge in [-0.1, -0.05) is 30.7 Å². The Morgan fingerprint density at radius 1 is 1.11 bits per heavy atom. The van der Waals surface area contributed by atoms with Gasteiger partial charge >= 0.3 is 0 Å². The molecule has 94 valence electrons. The van der Waals surface area contributed by atoms with Crippen LogP contribution >= 0.6 is 0 Å². The summed E-state index contributed by atoms with van der Waals surface area (Å²) in [7, 11) is 0. The van der Waals surface area contributed by atoms with E-state index in [2.05, 4.69) is 53.4 Å². The Bertz CT molecular complexity index is 535. The van der Waals surface area contributed by atoms with Gasteiger partial charge in [-0.15, -0.1) is 0 Å². The van der Waals surface area contributed by atoms with Gasteiger partial charge in [-0.3, -0.25) is 0 Å². The Hall–Kier alpha value is -1.90. The van der Waals surface area contributed by atoms with Gasteiger partial charge in [0.05, 0.1) is 5.69 Å². The van der Waals surface area contributed by atoms with Crippen molar-refractivity contribution in [3.8, 4) is 11.3 Å². The van der Waals surface area contributed by atoms with Crippen molar-refractivity contribution >= 4 is 5.82 Å². The van der Waals surface area contributed by atoms with Gasteiger partial charge in [-0.25, -0.2) is 9.97 Å². The SMILES string of the molecule is CCCNc1cc(-c2cccc(C)c2)nc(C)n1. The monoisotopic (exact) mass is 241 g/mol. The van der Waals surface area contributed by atoms with Crippen LogP contribution in [-0.4, -0.2) is 16.5 Å². The number of aryl methyl sites for hydroxylation is 2. The fourth-order valence-electron chi connectivity index (χ4n) is 1.86. The normalized spacial score (nSPS) is 10.4. The second-order valence-corrected chi connectivity index (χ2v) is 4.48. The van der Waals surface area contributed by atoms with Gasteiger partial charge in [0.15, 0.2) is 0 Å². The maximum atomic E-state index is 4.50. The number of benzene rings is 1. The summed E-state index contributed by atoms with van der Waals surface area (Å²) in [6, 6.07) is 10.4. The molecule has 0 fully saturated rings. The smallest absolute Gasteiger partial charge is 0.130 e. The number of rotatable bonds is 4. The van der Waals surface area contributed by atoms with E-state index in [0.29, 0.717) is 0 Å². The van der Waals surface area contributed by atoms with E-state index >= 15 is 0 Å². The van der Waals surface area contributed by atoms with Gasteiger partial charge in [0, 0.05) is 18.2 Å². The molecule has 0 radical (unpaired) electrons. The molecule has 1 N–H and O–H groups in total. The first-order valence-corrected chi connectivity index (χ1v) is 6.35. The lowest BCUT2D eigenvalue weighted by molar-refractivity contribution is 0.955. The zero-order valence-corrected chi connectivity index (χ0v) is 11.2. The van der Waals surface area contributed by atoms with Gasteiger partial charge in [-0.05, 0) is 26.3 Å². The fraction of sp³-hybridized carbons (Fsp3) is 0.333. The lowest BCUT2D eigenvalue weighted by atomic mass is 10.1. The highest BCUT2D eigenvalue weighted by molar-refractivity contribution is 5.63. The number of hydrogen-bond donors (Lipinski definition) is 1. The van der Waals surface area contributed by atoms with E-state index in [4.69, 9.17) is 0 Å². The summed E-state index contributed by atoms with van der Waals surface area (Å²) >= 11 is 0. The van der Waals surface area contributed by atoms with Crippen LogP contribution in [0.3, 0.4) is 0 Å². The third kappa shape index (κ3) is 3.06. The highest BCUT2D eigenvalue weighted by atomic mass is 15.0. The molecule has 0 unspecified atom stereocenters. The number of nitrogens with one attached hydrogen (secondary N) is 1. The molecule has 1 aromatic carbocycles. The molecule has 0 aliphatic carbocycles. The Kier molecular flexibility index (Phi) is 3.92. The quantitative estimate of drug-likeness (QED) is 0.889. The van der Waals surface area contributed by atoms with Crippen molar-refractivity contribution in [2.45, 2.75) is 27.2 Å². The summed E-state index contributed by atoms with van der Waals surface area (Å²) in [5.74, 6) is 1.70. The molecular weight excluding hydrogens is 222 g/mol. The van der Waals surface area contributed by atoms with Crippen molar-refractivity contribution in [2.75, 3.05) is 11.9 Å². The van der Waals surface area contributed by atoms with E-state index in [-0.39, 0.29) is 0 Å². The molecule has 0 atom stereocenters. The van der Waals surface area contributed by atoms with Crippen LogP contribution in [0.25, 0.3) is 11.3 Å². The van der Waals surface area contributed by atoms with E-state index in [1.807, 2.05) is 13.0 Å². The molecular formula is C15H19N3. The van der Waals surface area contributed by atoms with E-state index in [9.17, 15) is 0 Å².